The van der Waals surface area contributed by atoms with E-state index < -0.39 is 0 Å². The Morgan fingerprint density at radius 1 is 1.21 bits per heavy atom. The molecular weight excluding hydrogens is 520 g/mol. The summed E-state index contributed by atoms with van der Waals surface area (Å²) < 4.78 is 7.88. The van der Waals surface area contributed by atoms with E-state index in [-0.39, 0.29) is 17.4 Å². The molecule has 11 heteroatoms. The van der Waals surface area contributed by atoms with Crippen molar-refractivity contribution in [1.82, 2.24) is 25.2 Å². The van der Waals surface area contributed by atoms with Crippen LogP contribution >= 0.6 is 27.7 Å². The third kappa shape index (κ3) is 5.43. The van der Waals surface area contributed by atoms with Gasteiger partial charge in [-0.25, -0.2) is 5.43 Å². The van der Waals surface area contributed by atoms with Crippen molar-refractivity contribution in [2.24, 2.45) is 5.10 Å². The van der Waals surface area contributed by atoms with Crippen molar-refractivity contribution in [2.75, 3.05) is 12.9 Å². The van der Waals surface area contributed by atoms with E-state index in [1.807, 2.05) is 41.0 Å². The highest BCUT2D eigenvalue weighted by molar-refractivity contribution is 9.10. The Balaban J connectivity index is 1.49. The molecule has 9 nitrogen and oxygen atoms in total. The number of nitrogens with zero attached hydrogens (tertiary/aromatic N) is 5. The number of ether oxygens (including phenoxy) is 1. The Hall–Kier alpha value is -3.70. The molecule has 0 radical (unpaired) electrons. The van der Waals surface area contributed by atoms with Gasteiger partial charge in [-0.2, -0.15) is 5.10 Å². The minimum atomic E-state index is -0.336. The van der Waals surface area contributed by atoms with Crippen molar-refractivity contribution in [3.8, 4) is 28.6 Å². The Kier molecular flexibility index (Phi) is 7.55. The number of aromatic hydroxyl groups is 1. The number of hydrazone groups is 1. The van der Waals surface area contributed by atoms with Crippen LogP contribution in [0.3, 0.4) is 0 Å². The third-order valence-electron chi connectivity index (χ3n) is 4.61. The molecule has 2 aromatic carbocycles. The van der Waals surface area contributed by atoms with Gasteiger partial charge in [-0.15, -0.1) is 10.2 Å². The number of benzene rings is 2. The van der Waals surface area contributed by atoms with Crippen molar-refractivity contribution in [3.05, 3.63) is 77.0 Å². The molecule has 0 bridgehead atoms. The van der Waals surface area contributed by atoms with Crippen LogP contribution in [0.4, 0.5) is 0 Å². The normalized spacial score (nSPS) is 11.0. The molecule has 0 spiro atoms. The maximum absolute atomic E-state index is 12.4. The first-order chi connectivity index (χ1) is 16.6. The molecule has 0 unspecified atom stereocenters. The zero-order valence-electron chi connectivity index (χ0n) is 17.9. The van der Waals surface area contributed by atoms with Crippen LogP contribution in [-0.2, 0) is 4.79 Å². The number of pyridine rings is 1. The number of thioether (sulfide) groups is 1. The number of nitrogens with one attached hydrogen (secondary N) is 1. The minimum Gasteiger partial charge on any atom is -0.504 e. The fourth-order valence-electron chi connectivity index (χ4n) is 3.01. The molecule has 2 heterocycles. The lowest BCUT2D eigenvalue weighted by Crippen LogP contribution is -2.20. The quantitative estimate of drug-likeness (QED) is 0.197. The predicted molar refractivity (Wildman–Crippen MR) is 133 cm³/mol. The molecule has 0 atom stereocenters. The standard InChI is InChI=1S/C23H19BrN6O3S/c1-33-19-6-2-4-15(21(19)32)13-26-27-20(31)14-34-23-29-28-22(16-5-3-11-25-12-16)30(23)18-9-7-17(24)8-10-18/h2-13,32H,14H2,1H3,(H,27,31). The minimum absolute atomic E-state index is 0.0529. The summed E-state index contributed by atoms with van der Waals surface area (Å²) in [5.41, 5.74) is 4.53. The van der Waals surface area contributed by atoms with Gasteiger partial charge >= 0.3 is 0 Å². The van der Waals surface area contributed by atoms with Gasteiger partial charge in [0, 0.05) is 33.7 Å². The average Bonchev–Trinajstić information content (AvgIpc) is 3.29. The second kappa shape index (κ2) is 10.9. The van der Waals surface area contributed by atoms with Crippen LogP contribution < -0.4 is 10.2 Å². The topological polar surface area (TPSA) is 115 Å². The van der Waals surface area contributed by atoms with Gasteiger partial charge in [-0.3, -0.25) is 14.3 Å². The number of hydrogen-bond acceptors (Lipinski definition) is 8. The number of amides is 1. The molecule has 0 fully saturated rings. The van der Waals surface area contributed by atoms with Crippen LogP contribution in [0.25, 0.3) is 17.1 Å². The fourth-order valence-corrected chi connectivity index (χ4v) is 4.02. The Morgan fingerprint density at radius 3 is 2.76 bits per heavy atom. The van der Waals surface area contributed by atoms with Crippen molar-refractivity contribution in [2.45, 2.75) is 5.16 Å². The number of aromatic nitrogens is 4. The molecule has 34 heavy (non-hydrogen) atoms. The summed E-state index contributed by atoms with van der Waals surface area (Å²) in [6.07, 6.45) is 4.75. The summed E-state index contributed by atoms with van der Waals surface area (Å²) in [5, 5.41) is 23.2. The van der Waals surface area contributed by atoms with E-state index in [0.29, 0.717) is 22.3 Å². The molecule has 172 valence electrons. The van der Waals surface area contributed by atoms with Crippen LogP contribution in [0.15, 0.2) is 81.7 Å². The van der Waals surface area contributed by atoms with Gasteiger partial charge in [0.05, 0.1) is 19.1 Å². The Morgan fingerprint density at radius 2 is 2.03 bits per heavy atom. The monoisotopic (exact) mass is 538 g/mol. The maximum Gasteiger partial charge on any atom is 0.250 e. The first-order valence-electron chi connectivity index (χ1n) is 9.99. The van der Waals surface area contributed by atoms with Crippen LogP contribution in [0.1, 0.15) is 5.56 Å². The van der Waals surface area contributed by atoms with E-state index in [2.05, 4.69) is 41.6 Å². The van der Waals surface area contributed by atoms with E-state index in [1.165, 1.54) is 25.1 Å². The third-order valence-corrected chi connectivity index (χ3v) is 6.07. The van der Waals surface area contributed by atoms with Gasteiger partial charge in [0.2, 0.25) is 0 Å². The number of para-hydroxylation sites is 1. The predicted octanol–water partition coefficient (Wildman–Crippen LogP) is 4.05. The van der Waals surface area contributed by atoms with Crippen LogP contribution in [0.5, 0.6) is 11.5 Å². The molecule has 0 aliphatic heterocycles. The molecule has 1 amide bonds. The van der Waals surface area contributed by atoms with Gasteiger partial charge < -0.3 is 9.84 Å². The highest BCUT2D eigenvalue weighted by Gasteiger charge is 2.17. The summed E-state index contributed by atoms with van der Waals surface area (Å²) in [6, 6.07) is 16.4. The average molecular weight is 539 g/mol. The summed E-state index contributed by atoms with van der Waals surface area (Å²) in [5.74, 6) is 0.607. The number of halogens is 1. The van der Waals surface area contributed by atoms with Crippen molar-refractivity contribution < 1.29 is 14.6 Å². The van der Waals surface area contributed by atoms with Gasteiger partial charge in [-0.1, -0.05) is 33.8 Å². The van der Waals surface area contributed by atoms with Gasteiger partial charge in [0.25, 0.3) is 5.91 Å². The number of rotatable bonds is 8. The summed E-state index contributed by atoms with van der Waals surface area (Å²) >= 11 is 4.68. The van der Waals surface area contributed by atoms with Crippen molar-refractivity contribution >= 4 is 39.8 Å². The van der Waals surface area contributed by atoms with E-state index in [0.717, 1.165) is 15.7 Å². The second-order valence-corrected chi connectivity index (χ2v) is 8.70. The molecule has 4 aromatic rings. The van der Waals surface area contributed by atoms with E-state index in [4.69, 9.17) is 4.74 Å². The molecule has 2 N–H and O–H groups in total. The smallest absolute Gasteiger partial charge is 0.250 e. The number of carbonyl (C=O) groups excluding carboxylic acids is 1. The zero-order valence-corrected chi connectivity index (χ0v) is 20.3. The molecular formula is C23H19BrN6O3S. The van der Waals surface area contributed by atoms with Crippen LogP contribution in [0.2, 0.25) is 0 Å². The molecule has 2 aromatic heterocycles. The number of phenolic OH excluding ortho intramolecular Hbond substituents is 1. The van der Waals surface area contributed by atoms with E-state index >= 15 is 0 Å². The van der Waals surface area contributed by atoms with Crippen molar-refractivity contribution in [3.63, 3.8) is 0 Å². The highest BCUT2D eigenvalue weighted by Crippen LogP contribution is 2.29. The lowest BCUT2D eigenvalue weighted by atomic mass is 10.2. The van der Waals surface area contributed by atoms with Gasteiger partial charge in [0.15, 0.2) is 22.5 Å². The van der Waals surface area contributed by atoms with Crippen molar-refractivity contribution in [1.29, 1.82) is 0 Å². The zero-order chi connectivity index (χ0) is 23.9. The molecule has 0 saturated heterocycles. The molecule has 0 aliphatic rings. The Labute approximate surface area is 208 Å². The Bertz CT molecular complexity index is 1310. The second-order valence-electron chi connectivity index (χ2n) is 6.84. The molecule has 0 saturated carbocycles. The lowest BCUT2D eigenvalue weighted by molar-refractivity contribution is -0.118. The lowest BCUT2D eigenvalue weighted by Gasteiger charge is -2.10. The number of methoxy groups -OCH3 is 1. The summed E-state index contributed by atoms with van der Waals surface area (Å²) in [6.45, 7) is 0. The number of carbonyl (C=O) groups is 1. The largest absolute Gasteiger partial charge is 0.504 e. The van der Waals surface area contributed by atoms with E-state index in [1.54, 1.807) is 30.6 Å². The molecule has 0 aliphatic carbocycles. The van der Waals surface area contributed by atoms with Gasteiger partial charge in [-0.05, 0) is 48.5 Å². The number of phenols is 1. The number of hydrogen-bond donors (Lipinski definition) is 2. The first kappa shape index (κ1) is 23.5. The van der Waals surface area contributed by atoms with Crippen LogP contribution in [-0.4, -0.2) is 49.8 Å². The van der Waals surface area contributed by atoms with E-state index in [9.17, 15) is 9.90 Å². The first-order valence-corrected chi connectivity index (χ1v) is 11.8. The highest BCUT2D eigenvalue weighted by atomic mass is 79.9. The fraction of sp³-hybridized carbons (Fsp3) is 0.0870. The SMILES string of the molecule is COc1cccc(C=NNC(=O)CSc2nnc(-c3cccnc3)n2-c2ccc(Br)cc2)c1O. The molecule has 4 rings (SSSR count). The van der Waals surface area contributed by atoms with Crippen LogP contribution in [0, 0.1) is 0 Å². The summed E-state index contributed by atoms with van der Waals surface area (Å²) in [4.78, 5) is 16.5. The maximum atomic E-state index is 12.4. The summed E-state index contributed by atoms with van der Waals surface area (Å²) in [7, 11) is 1.46. The van der Waals surface area contributed by atoms with Gasteiger partial charge in [0.1, 0.15) is 0 Å².